The smallest absolute Gasteiger partial charge is 0.238 e. The minimum Gasteiger partial charge on any atom is -0.454 e. The van der Waals surface area contributed by atoms with Crippen molar-refractivity contribution >= 4 is 39.1 Å². The predicted octanol–water partition coefficient (Wildman–Crippen LogP) is 3.90. The average Bonchev–Trinajstić information content (AvgIpc) is 2.94. The van der Waals surface area contributed by atoms with E-state index in [0.29, 0.717) is 17.3 Å². The zero-order valence-electron chi connectivity index (χ0n) is 13.0. The molecule has 2 aromatic rings. The van der Waals surface area contributed by atoms with E-state index in [2.05, 4.69) is 21.2 Å². The van der Waals surface area contributed by atoms with Crippen molar-refractivity contribution < 1.29 is 14.3 Å². The Hall–Kier alpha value is -1.76. The Labute approximate surface area is 153 Å². The van der Waals surface area contributed by atoms with Crippen LogP contribution in [0.1, 0.15) is 5.56 Å². The molecular formula is C17H16BrClN2O3. The van der Waals surface area contributed by atoms with Crippen LogP contribution in [-0.4, -0.2) is 31.2 Å². The molecule has 3 rings (SSSR count). The molecule has 0 saturated heterocycles. The lowest BCUT2D eigenvalue weighted by atomic mass is 10.2. The Morgan fingerprint density at radius 1 is 1.29 bits per heavy atom. The van der Waals surface area contributed by atoms with Crippen LogP contribution in [0.25, 0.3) is 0 Å². The van der Waals surface area contributed by atoms with Crippen molar-refractivity contribution in [3.05, 3.63) is 51.5 Å². The number of rotatable bonds is 5. The Morgan fingerprint density at radius 3 is 2.79 bits per heavy atom. The van der Waals surface area contributed by atoms with Crippen molar-refractivity contribution in [2.75, 3.05) is 25.7 Å². The van der Waals surface area contributed by atoms with Gasteiger partial charge in [0.25, 0.3) is 0 Å². The molecule has 7 heteroatoms. The Kier molecular flexibility index (Phi) is 5.28. The van der Waals surface area contributed by atoms with Crippen LogP contribution in [0.5, 0.6) is 11.5 Å². The van der Waals surface area contributed by atoms with Gasteiger partial charge in [0.15, 0.2) is 11.5 Å². The van der Waals surface area contributed by atoms with Gasteiger partial charge in [0, 0.05) is 21.7 Å². The first-order chi connectivity index (χ1) is 11.5. The highest BCUT2D eigenvalue weighted by Crippen LogP contribution is 2.37. The molecule has 0 fully saturated rings. The Morgan fingerprint density at radius 2 is 2.04 bits per heavy atom. The zero-order chi connectivity index (χ0) is 17.1. The number of hydrogen-bond acceptors (Lipinski definition) is 4. The largest absolute Gasteiger partial charge is 0.454 e. The number of fused-ring (bicyclic) bond motifs is 1. The van der Waals surface area contributed by atoms with E-state index >= 15 is 0 Å². The SMILES string of the molecule is CN(CC(=O)Nc1cccc(Cl)c1)Cc1cc2c(cc1Br)OCO2. The lowest BCUT2D eigenvalue weighted by Crippen LogP contribution is -2.29. The summed E-state index contributed by atoms with van der Waals surface area (Å²) >= 11 is 9.45. The molecule has 0 aromatic heterocycles. The van der Waals surface area contributed by atoms with Gasteiger partial charge in [0.1, 0.15) is 0 Å². The number of amides is 1. The van der Waals surface area contributed by atoms with Crippen LogP contribution in [0.3, 0.4) is 0 Å². The van der Waals surface area contributed by atoms with Gasteiger partial charge in [-0.1, -0.05) is 33.6 Å². The number of ether oxygens (including phenoxy) is 2. The van der Waals surface area contributed by atoms with E-state index in [1.54, 1.807) is 24.3 Å². The fourth-order valence-electron chi connectivity index (χ4n) is 2.44. The first-order valence-corrected chi connectivity index (χ1v) is 8.50. The van der Waals surface area contributed by atoms with E-state index < -0.39 is 0 Å². The second-order valence-electron chi connectivity index (χ2n) is 5.53. The summed E-state index contributed by atoms with van der Waals surface area (Å²) in [6, 6.07) is 10.9. The molecule has 24 heavy (non-hydrogen) atoms. The van der Waals surface area contributed by atoms with E-state index in [1.165, 1.54) is 0 Å². The summed E-state index contributed by atoms with van der Waals surface area (Å²) in [5.74, 6) is 1.36. The number of hydrogen-bond donors (Lipinski definition) is 1. The molecule has 0 atom stereocenters. The maximum absolute atomic E-state index is 12.1. The number of likely N-dealkylation sites (N-methyl/N-ethyl adjacent to an activating group) is 1. The number of carbonyl (C=O) groups excluding carboxylic acids is 1. The number of halogens is 2. The monoisotopic (exact) mass is 410 g/mol. The summed E-state index contributed by atoms with van der Waals surface area (Å²) in [5.41, 5.74) is 1.71. The quantitative estimate of drug-likeness (QED) is 0.811. The highest BCUT2D eigenvalue weighted by atomic mass is 79.9. The van der Waals surface area contributed by atoms with Gasteiger partial charge < -0.3 is 14.8 Å². The second-order valence-corrected chi connectivity index (χ2v) is 6.82. The summed E-state index contributed by atoms with van der Waals surface area (Å²) in [6.45, 7) is 1.09. The summed E-state index contributed by atoms with van der Waals surface area (Å²) in [4.78, 5) is 14.1. The van der Waals surface area contributed by atoms with Crippen LogP contribution in [0.4, 0.5) is 5.69 Å². The van der Waals surface area contributed by atoms with E-state index in [4.69, 9.17) is 21.1 Å². The molecule has 0 radical (unpaired) electrons. The predicted molar refractivity (Wildman–Crippen MR) is 96.7 cm³/mol. The lowest BCUT2D eigenvalue weighted by molar-refractivity contribution is -0.117. The summed E-state index contributed by atoms with van der Waals surface area (Å²) in [7, 11) is 1.88. The molecule has 1 heterocycles. The number of benzene rings is 2. The van der Waals surface area contributed by atoms with E-state index in [9.17, 15) is 4.79 Å². The third kappa shape index (κ3) is 4.20. The van der Waals surface area contributed by atoms with Gasteiger partial charge in [-0.3, -0.25) is 9.69 Å². The first kappa shape index (κ1) is 17.1. The molecule has 0 spiro atoms. The molecule has 0 aliphatic carbocycles. The normalized spacial score (nSPS) is 12.5. The highest BCUT2D eigenvalue weighted by Gasteiger charge is 2.17. The van der Waals surface area contributed by atoms with Gasteiger partial charge in [-0.25, -0.2) is 0 Å². The third-order valence-electron chi connectivity index (χ3n) is 3.50. The highest BCUT2D eigenvalue weighted by molar-refractivity contribution is 9.10. The topological polar surface area (TPSA) is 50.8 Å². The second kappa shape index (κ2) is 7.42. The van der Waals surface area contributed by atoms with Crippen LogP contribution in [0, 0.1) is 0 Å². The van der Waals surface area contributed by atoms with Crippen molar-refractivity contribution in [1.82, 2.24) is 4.90 Å². The molecule has 0 unspecified atom stereocenters. The number of carbonyl (C=O) groups is 1. The van der Waals surface area contributed by atoms with Crippen LogP contribution >= 0.6 is 27.5 Å². The molecular weight excluding hydrogens is 396 g/mol. The molecule has 126 valence electrons. The van der Waals surface area contributed by atoms with Crippen LogP contribution < -0.4 is 14.8 Å². The van der Waals surface area contributed by atoms with Crippen molar-refractivity contribution in [1.29, 1.82) is 0 Å². The van der Waals surface area contributed by atoms with Gasteiger partial charge in [0.05, 0.1) is 6.54 Å². The number of nitrogens with one attached hydrogen (secondary N) is 1. The van der Waals surface area contributed by atoms with Crippen LogP contribution in [-0.2, 0) is 11.3 Å². The van der Waals surface area contributed by atoms with Crippen LogP contribution in [0.2, 0.25) is 5.02 Å². The molecule has 1 aliphatic heterocycles. The maximum Gasteiger partial charge on any atom is 0.238 e. The molecule has 5 nitrogen and oxygen atoms in total. The van der Waals surface area contributed by atoms with Gasteiger partial charge >= 0.3 is 0 Å². The minimum atomic E-state index is -0.100. The molecule has 0 saturated carbocycles. The van der Waals surface area contributed by atoms with Crippen molar-refractivity contribution in [2.24, 2.45) is 0 Å². The first-order valence-electron chi connectivity index (χ1n) is 7.33. The van der Waals surface area contributed by atoms with E-state index in [0.717, 1.165) is 21.5 Å². The summed E-state index contributed by atoms with van der Waals surface area (Å²) < 4.78 is 11.7. The molecule has 1 amide bonds. The summed E-state index contributed by atoms with van der Waals surface area (Å²) in [5, 5.41) is 3.42. The fourth-order valence-corrected chi connectivity index (χ4v) is 3.08. The van der Waals surface area contributed by atoms with Crippen molar-refractivity contribution in [3.63, 3.8) is 0 Å². The molecule has 0 bridgehead atoms. The minimum absolute atomic E-state index is 0.100. The Balaban J connectivity index is 1.59. The molecule has 2 aromatic carbocycles. The fraction of sp³-hybridized carbons (Fsp3) is 0.235. The maximum atomic E-state index is 12.1. The van der Waals surface area contributed by atoms with E-state index in [-0.39, 0.29) is 19.2 Å². The lowest BCUT2D eigenvalue weighted by Gasteiger charge is -2.17. The molecule has 1 aliphatic rings. The molecule has 1 N–H and O–H groups in total. The van der Waals surface area contributed by atoms with Gasteiger partial charge in [0.2, 0.25) is 12.7 Å². The van der Waals surface area contributed by atoms with Crippen molar-refractivity contribution in [3.8, 4) is 11.5 Å². The number of anilines is 1. The van der Waals surface area contributed by atoms with Gasteiger partial charge in [-0.2, -0.15) is 0 Å². The standard InChI is InChI=1S/C17H16BrClN2O3/c1-21(9-17(22)20-13-4-2-3-12(19)6-13)8-11-5-15-16(7-14(11)18)24-10-23-15/h2-7H,8-10H2,1H3,(H,20,22). The zero-order valence-corrected chi connectivity index (χ0v) is 15.4. The average molecular weight is 412 g/mol. The van der Waals surface area contributed by atoms with Crippen LogP contribution in [0.15, 0.2) is 40.9 Å². The Bertz CT molecular complexity index is 769. The van der Waals surface area contributed by atoms with Gasteiger partial charge in [-0.15, -0.1) is 0 Å². The van der Waals surface area contributed by atoms with E-state index in [1.807, 2.05) is 24.1 Å². The summed E-state index contributed by atoms with van der Waals surface area (Å²) in [6.07, 6.45) is 0. The van der Waals surface area contributed by atoms with Gasteiger partial charge in [-0.05, 0) is 42.9 Å². The number of nitrogens with zero attached hydrogens (tertiary/aromatic N) is 1. The van der Waals surface area contributed by atoms with Crippen molar-refractivity contribution in [2.45, 2.75) is 6.54 Å². The third-order valence-corrected chi connectivity index (χ3v) is 4.48.